The summed E-state index contributed by atoms with van der Waals surface area (Å²) in [6.07, 6.45) is 4.41. The van der Waals surface area contributed by atoms with Crippen LogP contribution < -0.4 is 10.6 Å². The van der Waals surface area contributed by atoms with E-state index in [2.05, 4.69) is 17.6 Å². The van der Waals surface area contributed by atoms with E-state index < -0.39 is 0 Å². The summed E-state index contributed by atoms with van der Waals surface area (Å²) < 4.78 is 5.29. The van der Waals surface area contributed by atoms with Crippen molar-refractivity contribution in [1.82, 2.24) is 10.6 Å². The van der Waals surface area contributed by atoms with Gasteiger partial charge in [0, 0.05) is 19.8 Å². The van der Waals surface area contributed by atoms with Crippen molar-refractivity contribution in [2.45, 2.75) is 32.6 Å². The molecule has 1 aliphatic rings. The van der Waals surface area contributed by atoms with E-state index in [0.717, 1.165) is 52.0 Å². The van der Waals surface area contributed by atoms with Crippen LogP contribution in [-0.2, 0) is 9.53 Å². The molecule has 1 fully saturated rings. The first-order chi connectivity index (χ1) is 7.83. The molecule has 0 aromatic rings. The molecule has 0 atom stereocenters. The highest BCUT2D eigenvalue weighted by molar-refractivity contribution is 5.77. The smallest absolute Gasteiger partial charge is 0.233 e. The van der Waals surface area contributed by atoms with Crippen molar-refractivity contribution < 1.29 is 9.53 Å². The first kappa shape index (κ1) is 13.5. The third-order valence-corrected chi connectivity index (χ3v) is 2.91. The van der Waals surface area contributed by atoms with Crippen LogP contribution in [0.25, 0.3) is 0 Å². The Hall–Kier alpha value is -0.610. The van der Waals surface area contributed by atoms with Crippen molar-refractivity contribution in [2.24, 2.45) is 5.92 Å². The van der Waals surface area contributed by atoms with Gasteiger partial charge in [-0.3, -0.25) is 4.79 Å². The van der Waals surface area contributed by atoms with Gasteiger partial charge in [-0.25, -0.2) is 0 Å². The summed E-state index contributed by atoms with van der Waals surface area (Å²) in [4.78, 5) is 11.4. The number of ether oxygens (including phenoxy) is 1. The molecule has 0 spiro atoms. The maximum absolute atomic E-state index is 11.4. The average molecular weight is 228 g/mol. The van der Waals surface area contributed by atoms with Crippen molar-refractivity contribution in [2.75, 3.05) is 32.8 Å². The predicted molar refractivity (Wildman–Crippen MR) is 64.3 cm³/mol. The number of carbonyl (C=O) groups excluding carboxylic acids is 1. The minimum atomic E-state index is 0.112. The molecule has 94 valence electrons. The second-order valence-corrected chi connectivity index (χ2v) is 4.39. The Morgan fingerprint density at radius 3 is 2.81 bits per heavy atom. The van der Waals surface area contributed by atoms with E-state index in [0.29, 0.717) is 12.5 Å². The van der Waals surface area contributed by atoms with E-state index in [1.165, 1.54) is 0 Å². The number of amides is 1. The molecule has 0 saturated carbocycles. The second kappa shape index (κ2) is 8.53. The van der Waals surface area contributed by atoms with Crippen LogP contribution in [0, 0.1) is 5.92 Å². The Bertz CT molecular complexity index is 191. The van der Waals surface area contributed by atoms with E-state index >= 15 is 0 Å². The monoisotopic (exact) mass is 228 g/mol. The van der Waals surface area contributed by atoms with Gasteiger partial charge in [0.15, 0.2) is 0 Å². The Morgan fingerprint density at radius 2 is 2.12 bits per heavy atom. The van der Waals surface area contributed by atoms with Crippen molar-refractivity contribution in [3.63, 3.8) is 0 Å². The Labute approximate surface area is 98.1 Å². The fourth-order valence-electron chi connectivity index (χ4n) is 1.81. The highest BCUT2D eigenvalue weighted by Gasteiger charge is 2.13. The Kier molecular flexibility index (Phi) is 7.17. The van der Waals surface area contributed by atoms with Crippen LogP contribution in [0.4, 0.5) is 0 Å². The van der Waals surface area contributed by atoms with E-state index in [9.17, 15) is 4.79 Å². The highest BCUT2D eigenvalue weighted by atomic mass is 16.5. The minimum Gasteiger partial charge on any atom is -0.381 e. The largest absolute Gasteiger partial charge is 0.381 e. The van der Waals surface area contributed by atoms with Crippen LogP contribution in [0.2, 0.25) is 0 Å². The maximum Gasteiger partial charge on any atom is 0.233 e. The lowest BCUT2D eigenvalue weighted by Crippen LogP contribution is -2.37. The van der Waals surface area contributed by atoms with Gasteiger partial charge in [0.2, 0.25) is 5.91 Å². The van der Waals surface area contributed by atoms with Crippen molar-refractivity contribution in [3.8, 4) is 0 Å². The van der Waals surface area contributed by atoms with E-state index in [1.54, 1.807) is 0 Å². The number of carbonyl (C=O) groups is 1. The van der Waals surface area contributed by atoms with Gasteiger partial charge in [-0.2, -0.15) is 0 Å². The minimum absolute atomic E-state index is 0.112. The highest BCUT2D eigenvalue weighted by Crippen LogP contribution is 2.12. The van der Waals surface area contributed by atoms with Gasteiger partial charge in [-0.1, -0.05) is 13.3 Å². The van der Waals surface area contributed by atoms with Crippen LogP contribution in [-0.4, -0.2) is 38.8 Å². The molecule has 4 heteroatoms. The standard InChI is InChI=1S/C12H24N2O2/c1-2-3-6-14-12(15)10-13-9-11-4-7-16-8-5-11/h11,13H,2-10H2,1H3,(H,14,15). The van der Waals surface area contributed by atoms with Crippen LogP contribution in [0.1, 0.15) is 32.6 Å². The molecule has 1 saturated heterocycles. The van der Waals surface area contributed by atoms with Gasteiger partial charge in [-0.15, -0.1) is 0 Å². The lowest BCUT2D eigenvalue weighted by Gasteiger charge is -2.22. The number of unbranched alkanes of at least 4 members (excludes halogenated alkanes) is 1. The van der Waals surface area contributed by atoms with Crippen LogP contribution in [0.15, 0.2) is 0 Å². The van der Waals surface area contributed by atoms with Crippen molar-refractivity contribution in [1.29, 1.82) is 0 Å². The molecule has 0 unspecified atom stereocenters. The average Bonchev–Trinajstić information content (AvgIpc) is 2.31. The molecule has 1 aliphatic heterocycles. The maximum atomic E-state index is 11.4. The van der Waals surface area contributed by atoms with Gasteiger partial charge in [0.1, 0.15) is 0 Å². The first-order valence-corrected chi connectivity index (χ1v) is 6.38. The molecule has 0 aliphatic carbocycles. The van der Waals surface area contributed by atoms with Crippen LogP contribution in [0.3, 0.4) is 0 Å². The summed E-state index contributed by atoms with van der Waals surface area (Å²) in [5, 5.41) is 6.11. The van der Waals surface area contributed by atoms with Crippen molar-refractivity contribution in [3.05, 3.63) is 0 Å². The Balaban J connectivity index is 1.94. The summed E-state index contributed by atoms with van der Waals surface area (Å²) in [7, 11) is 0. The van der Waals surface area contributed by atoms with Gasteiger partial charge < -0.3 is 15.4 Å². The molecule has 1 rings (SSSR count). The molecular weight excluding hydrogens is 204 g/mol. The second-order valence-electron chi connectivity index (χ2n) is 4.39. The molecule has 2 N–H and O–H groups in total. The number of hydrogen-bond acceptors (Lipinski definition) is 3. The fraction of sp³-hybridized carbons (Fsp3) is 0.917. The predicted octanol–water partition coefficient (Wildman–Crippen LogP) is 0.919. The number of rotatable bonds is 7. The summed E-state index contributed by atoms with van der Waals surface area (Å²) in [6, 6.07) is 0. The Morgan fingerprint density at radius 1 is 1.38 bits per heavy atom. The lowest BCUT2D eigenvalue weighted by molar-refractivity contribution is -0.120. The van der Waals surface area contributed by atoms with E-state index in [-0.39, 0.29) is 5.91 Å². The van der Waals surface area contributed by atoms with Crippen molar-refractivity contribution >= 4 is 5.91 Å². The SMILES string of the molecule is CCCCNC(=O)CNCC1CCOCC1. The lowest BCUT2D eigenvalue weighted by atomic mass is 10.0. The quantitative estimate of drug-likeness (QED) is 0.637. The van der Waals surface area contributed by atoms with Gasteiger partial charge in [-0.05, 0) is 31.7 Å². The molecule has 0 aromatic heterocycles. The molecule has 1 amide bonds. The van der Waals surface area contributed by atoms with E-state index in [4.69, 9.17) is 4.74 Å². The molecule has 0 aromatic carbocycles. The van der Waals surface area contributed by atoms with E-state index in [1.807, 2.05) is 0 Å². The summed E-state index contributed by atoms with van der Waals surface area (Å²) in [5.41, 5.74) is 0. The number of nitrogens with one attached hydrogen (secondary N) is 2. The number of hydrogen-bond donors (Lipinski definition) is 2. The molecule has 1 heterocycles. The topological polar surface area (TPSA) is 50.4 Å². The van der Waals surface area contributed by atoms with Gasteiger partial charge in [0.05, 0.1) is 6.54 Å². The zero-order valence-corrected chi connectivity index (χ0v) is 10.3. The normalized spacial score (nSPS) is 17.3. The summed E-state index contributed by atoms with van der Waals surface area (Å²) >= 11 is 0. The molecule has 4 nitrogen and oxygen atoms in total. The molecule has 16 heavy (non-hydrogen) atoms. The summed E-state index contributed by atoms with van der Waals surface area (Å²) in [5.74, 6) is 0.790. The zero-order valence-electron chi connectivity index (χ0n) is 10.3. The first-order valence-electron chi connectivity index (χ1n) is 6.38. The fourth-order valence-corrected chi connectivity index (χ4v) is 1.81. The molecule has 0 bridgehead atoms. The summed E-state index contributed by atoms with van der Waals surface area (Å²) in [6.45, 7) is 6.04. The molecule has 0 radical (unpaired) electrons. The zero-order chi connectivity index (χ0) is 11.6. The van der Waals surface area contributed by atoms with Gasteiger partial charge >= 0.3 is 0 Å². The third-order valence-electron chi connectivity index (χ3n) is 2.91. The third kappa shape index (κ3) is 6.08. The van der Waals surface area contributed by atoms with Gasteiger partial charge in [0.25, 0.3) is 0 Å². The van der Waals surface area contributed by atoms with Crippen LogP contribution >= 0.6 is 0 Å². The van der Waals surface area contributed by atoms with Crippen LogP contribution in [0.5, 0.6) is 0 Å². The molecular formula is C12H24N2O2.